The minimum atomic E-state index is -0.182. The molecule has 0 unspecified atom stereocenters. The summed E-state index contributed by atoms with van der Waals surface area (Å²) < 4.78 is 1.98. The molecule has 2 aromatic heterocycles. The van der Waals surface area contributed by atoms with Crippen LogP contribution >= 0.6 is 0 Å². The second-order valence-electron chi connectivity index (χ2n) is 10.0. The Morgan fingerprint density at radius 2 is 1.61 bits per heavy atom. The summed E-state index contributed by atoms with van der Waals surface area (Å²) in [7, 11) is 0. The first-order valence-corrected chi connectivity index (χ1v) is 13.5. The molecule has 1 aliphatic rings. The van der Waals surface area contributed by atoms with Gasteiger partial charge in [0.2, 0.25) is 0 Å². The molecule has 41 heavy (non-hydrogen) atoms. The van der Waals surface area contributed by atoms with Crippen molar-refractivity contribution in [3.8, 4) is 11.1 Å². The van der Waals surface area contributed by atoms with Crippen LogP contribution in [0.1, 0.15) is 54.9 Å². The van der Waals surface area contributed by atoms with Crippen LogP contribution in [-0.4, -0.2) is 27.1 Å². The van der Waals surface area contributed by atoms with Crippen LogP contribution in [0.15, 0.2) is 109 Å². The number of nitrogens with zero attached hydrogens (tertiary/aromatic N) is 3. The summed E-state index contributed by atoms with van der Waals surface area (Å²) in [5.74, 6) is -0.324. The van der Waals surface area contributed by atoms with Gasteiger partial charge in [-0.05, 0) is 65.6 Å². The Morgan fingerprint density at radius 1 is 0.829 bits per heavy atom. The molecule has 0 radical (unpaired) electrons. The molecule has 7 heteroatoms. The Balaban J connectivity index is 1.28. The summed E-state index contributed by atoms with van der Waals surface area (Å²) in [6.45, 7) is 2.72. The van der Waals surface area contributed by atoms with E-state index < -0.39 is 0 Å². The third-order valence-electron chi connectivity index (χ3n) is 7.40. The smallest absolute Gasteiger partial charge is 0.268 e. The van der Waals surface area contributed by atoms with Gasteiger partial charge in [-0.1, -0.05) is 60.7 Å². The number of carbonyl (C=O) groups is 3. The Kier molecular flexibility index (Phi) is 7.00. The summed E-state index contributed by atoms with van der Waals surface area (Å²) >= 11 is 0. The second-order valence-corrected chi connectivity index (χ2v) is 10.0. The van der Waals surface area contributed by atoms with E-state index in [1.54, 1.807) is 36.4 Å². The number of nitrogens with one attached hydrogen (secondary N) is 1. The van der Waals surface area contributed by atoms with Crippen LogP contribution in [0.2, 0.25) is 0 Å². The zero-order chi connectivity index (χ0) is 28.3. The average Bonchev–Trinajstić information content (AvgIpc) is 3.33. The lowest BCUT2D eigenvalue weighted by atomic mass is 9.96. The quantitative estimate of drug-likeness (QED) is 0.272. The maximum absolute atomic E-state index is 13.9. The van der Waals surface area contributed by atoms with Gasteiger partial charge in [-0.15, -0.1) is 0 Å². The first kappa shape index (κ1) is 26.0. The lowest BCUT2D eigenvalue weighted by Crippen LogP contribution is -2.30. The van der Waals surface area contributed by atoms with Gasteiger partial charge >= 0.3 is 0 Å². The second kappa shape index (κ2) is 11.1. The van der Waals surface area contributed by atoms with E-state index in [4.69, 9.17) is 0 Å². The Labute approximate surface area is 238 Å². The maximum atomic E-state index is 13.9. The van der Waals surface area contributed by atoms with Crippen molar-refractivity contribution in [3.05, 3.63) is 143 Å². The Morgan fingerprint density at radius 3 is 2.39 bits per heavy atom. The van der Waals surface area contributed by atoms with E-state index >= 15 is 0 Å². The highest BCUT2D eigenvalue weighted by Crippen LogP contribution is 2.31. The fourth-order valence-corrected chi connectivity index (χ4v) is 5.31. The standard InChI is InChI=1S/C34H28N4O3/c1-23(39)29-9-3-4-10-30(29)25-12-14-26(15-13-25)34(41)38-22-28-16-17-32(33(40)36-20-24-7-6-18-35-19-24)37(28)21-27-8-2-5-11-31(27)38/h2-19H,20-22H2,1H3,(H,36,40). The van der Waals surface area contributed by atoms with Crippen LogP contribution in [0, 0.1) is 0 Å². The number of amides is 2. The van der Waals surface area contributed by atoms with E-state index in [2.05, 4.69) is 10.3 Å². The van der Waals surface area contributed by atoms with Gasteiger partial charge in [-0.2, -0.15) is 0 Å². The van der Waals surface area contributed by atoms with Crippen LogP contribution in [-0.2, 0) is 19.6 Å². The summed E-state index contributed by atoms with van der Waals surface area (Å²) in [5.41, 5.74) is 6.99. The predicted molar refractivity (Wildman–Crippen MR) is 158 cm³/mol. The van der Waals surface area contributed by atoms with Crippen molar-refractivity contribution in [2.45, 2.75) is 26.6 Å². The molecule has 3 aromatic carbocycles. The van der Waals surface area contributed by atoms with E-state index in [-0.39, 0.29) is 17.6 Å². The first-order chi connectivity index (χ1) is 20.0. The third-order valence-corrected chi connectivity index (χ3v) is 7.40. The van der Waals surface area contributed by atoms with E-state index in [1.807, 2.05) is 89.5 Å². The van der Waals surface area contributed by atoms with Crippen molar-refractivity contribution < 1.29 is 14.4 Å². The molecule has 5 aromatic rings. The van der Waals surface area contributed by atoms with Gasteiger partial charge in [0.05, 0.1) is 13.1 Å². The molecule has 0 saturated carbocycles. The molecule has 6 rings (SSSR count). The molecule has 3 heterocycles. The minimum absolute atomic E-state index is 0.00458. The summed E-state index contributed by atoms with van der Waals surface area (Å²) in [5, 5.41) is 2.98. The fourth-order valence-electron chi connectivity index (χ4n) is 5.31. The molecular formula is C34H28N4O3. The van der Waals surface area contributed by atoms with Crippen LogP contribution in [0.5, 0.6) is 0 Å². The number of benzene rings is 3. The highest BCUT2D eigenvalue weighted by Gasteiger charge is 2.27. The van der Waals surface area contributed by atoms with Crippen LogP contribution in [0.3, 0.4) is 0 Å². The molecule has 202 valence electrons. The SMILES string of the molecule is CC(=O)c1ccccc1-c1ccc(C(=O)N2Cc3ccc(C(=O)NCc4cccnc4)n3Cc3ccccc32)cc1. The van der Waals surface area contributed by atoms with Gasteiger partial charge in [0, 0.05) is 41.4 Å². The number of aromatic nitrogens is 2. The lowest BCUT2D eigenvalue weighted by molar-refractivity contribution is 0.0940. The zero-order valence-corrected chi connectivity index (χ0v) is 22.6. The molecule has 1 N–H and O–H groups in total. The molecule has 0 fully saturated rings. The zero-order valence-electron chi connectivity index (χ0n) is 22.6. The van der Waals surface area contributed by atoms with Crippen molar-refractivity contribution in [2.75, 3.05) is 4.90 Å². The molecule has 0 spiro atoms. The van der Waals surface area contributed by atoms with E-state index in [9.17, 15) is 14.4 Å². The van der Waals surface area contributed by atoms with Crippen molar-refractivity contribution in [1.82, 2.24) is 14.9 Å². The number of rotatable bonds is 6. The molecule has 0 bridgehead atoms. The highest BCUT2D eigenvalue weighted by molar-refractivity contribution is 6.07. The van der Waals surface area contributed by atoms with E-state index in [0.29, 0.717) is 36.5 Å². The van der Waals surface area contributed by atoms with Gasteiger partial charge in [0.1, 0.15) is 5.69 Å². The summed E-state index contributed by atoms with van der Waals surface area (Å²) in [6.07, 6.45) is 3.43. The van der Waals surface area contributed by atoms with Crippen molar-refractivity contribution in [2.24, 2.45) is 0 Å². The number of anilines is 1. The predicted octanol–water partition coefficient (Wildman–Crippen LogP) is 5.89. The number of pyridine rings is 1. The number of hydrogen-bond acceptors (Lipinski definition) is 4. The minimum Gasteiger partial charge on any atom is -0.347 e. The average molecular weight is 541 g/mol. The van der Waals surface area contributed by atoms with Gasteiger partial charge in [0.25, 0.3) is 11.8 Å². The maximum Gasteiger partial charge on any atom is 0.268 e. The van der Waals surface area contributed by atoms with Gasteiger partial charge in [-0.3, -0.25) is 19.4 Å². The van der Waals surface area contributed by atoms with E-state index in [0.717, 1.165) is 33.6 Å². The highest BCUT2D eigenvalue weighted by atomic mass is 16.2. The van der Waals surface area contributed by atoms with Gasteiger partial charge in [0.15, 0.2) is 5.78 Å². The summed E-state index contributed by atoms with van der Waals surface area (Å²) in [6, 6.07) is 30.1. The monoisotopic (exact) mass is 540 g/mol. The molecular weight excluding hydrogens is 512 g/mol. The number of carbonyl (C=O) groups excluding carboxylic acids is 3. The van der Waals surface area contributed by atoms with Crippen molar-refractivity contribution in [3.63, 3.8) is 0 Å². The van der Waals surface area contributed by atoms with Crippen LogP contribution < -0.4 is 10.2 Å². The first-order valence-electron chi connectivity index (χ1n) is 13.5. The molecule has 0 aliphatic carbocycles. The fraction of sp³-hybridized carbons (Fsp3) is 0.118. The topological polar surface area (TPSA) is 84.3 Å². The number of Topliss-reactive ketones (excluding diaryl/α,β-unsaturated/α-hetero) is 1. The van der Waals surface area contributed by atoms with Crippen molar-refractivity contribution >= 4 is 23.3 Å². The number of para-hydroxylation sites is 1. The Bertz CT molecular complexity index is 1760. The molecule has 7 nitrogen and oxygen atoms in total. The number of ketones is 1. The van der Waals surface area contributed by atoms with Crippen molar-refractivity contribution in [1.29, 1.82) is 0 Å². The van der Waals surface area contributed by atoms with Crippen LogP contribution in [0.4, 0.5) is 5.69 Å². The molecule has 0 atom stereocenters. The molecule has 1 aliphatic heterocycles. The summed E-state index contributed by atoms with van der Waals surface area (Å²) in [4.78, 5) is 45.1. The Hall–Kier alpha value is -5.30. The molecule has 2 amide bonds. The lowest BCUT2D eigenvalue weighted by Gasteiger charge is -2.23. The van der Waals surface area contributed by atoms with E-state index in [1.165, 1.54) is 0 Å². The van der Waals surface area contributed by atoms with Gasteiger partial charge < -0.3 is 14.8 Å². The molecule has 0 saturated heterocycles. The normalized spacial score (nSPS) is 12.2. The third kappa shape index (κ3) is 5.17. The number of hydrogen-bond donors (Lipinski definition) is 1. The van der Waals surface area contributed by atoms with Gasteiger partial charge in [-0.25, -0.2) is 0 Å². The largest absolute Gasteiger partial charge is 0.347 e. The number of fused-ring (bicyclic) bond motifs is 2. The van der Waals surface area contributed by atoms with Crippen LogP contribution in [0.25, 0.3) is 11.1 Å².